The average Bonchev–Trinajstić information content (AvgIpc) is 2.55. The number of hydrogen-bond acceptors (Lipinski definition) is 4. The molecule has 0 spiro atoms. The number of amides is 1. The number of carbonyl (C=O) groups is 1. The van der Waals surface area contributed by atoms with Crippen LogP contribution in [0.3, 0.4) is 0 Å². The normalized spacial score (nSPS) is 17.9. The zero-order valence-electron chi connectivity index (χ0n) is 15.9. The minimum absolute atomic E-state index is 0.163. The van der Waals surface area contributed by atoms with E-state index in [-0.39, 0.29) is 12.5 Å². The third-order valence-corrected chi connectivity index (χ3v) is 6.37. The molecular formula is C13H17F12NO4Si. The summed E-state index contributed by atoms with van der Waals surface area (Å²) in [6.07, 6.45) is -21.2. The largest absolute Gasteiger partial charge is 0.458 e. The van der Waals surface area contributed by atoms with Gasteiger partial charge < -0.3 is 9.74 Å². The Bertz CT molecular complexity index is 614. The van der Waals surface area contributed by atoms with Crippen LogP contribution in [0.1, 0.15) is 6.42 Å². The summed E-state index contributed by atoms with van der Waals surface area (Å²) in [5, 5.41) is 1.16. The summed E-state index contributed by atoms with van der Waals surface area (Å²) in [6, 6.07) is 0.163. The highest BCUT2D eigenvalue weighted by Crippen LogP contribution is 2.51. The molecule has 1 N–H and O–H groups in total. The first-order valence-corrected chi connectivity index (χ1v) is 11.1. The maximum atomic E-state index is 14.1. The molecular weight excluding hydrogens is 490 g/mol. The Labute approximate surface area is 168 Å². The van der Waals surface area contributed by atoms with Crippen LogP contribution in [0.25, 0.3) is 0 Å². The monoisotopic (exact) mass is 507 g/mol. The fourth-order valence-electron chi connectivity index (χ4n) is 1.83. The van der Waals surface area contributed by atoms with Crippen LogP contribution in [0.5, 0.6) is 0 Å². The van der Waals surface area contributed by atoms with Gasteiger partial charge in [-0.1, -0.05) is 0 Å². The Hall–Kier alpha value is -1.27. The Morgan fingerprint density at radius 3 is 1.77 bits per heavy atom. The zero-order chi connectivity index (χ0) is 25.1. The van der Waals surface area contributed by atoms with E-state index >= 15 is 0 Å². The van der Waals surface area contributed by atoms with E-state index in [0.29, 0.717) is 0 Å². The summed E-state index contributed by atoms with van der Waals surface area (Å²) in [7, 11) is -1.00. The van der Waals surface area contributed by atoms with Gasteiger partial charge in [-0.2, -0.15) is 52.7 Å². The van der Waals surface area contributed by atoms with Gasteiger partial charge >= 0.3 is 36.8 Å². The van der Waals surface area contributed by atoms with E-state index in [4.69, 9.17) is 4.43 Å². The highest BCUT2D eigenvalue weighted by molar-refractivity contribution is 6.71. The number of ether oxygens (including phenoxy) is 2. The molecule has 0 rings (SSSR count). The predicted molar refractivity (Wildman–Crippen MR) is 79.8 cm³/mol. The van der Waals surface area contributed by atoms with E-state index in [1.54, 1.807) is 13.1 Å². The average molecular weight is 507 g/mol. The molecule has 31 heavy (non-hydrogen) atoms. The Morgan fingerprint density at radius 2 is 1.42 bits per heavy atom. The van der Waals surface area contributed by atoms with Crippen LogP contribution in [-0.4, -0.2) is 64.7 Å². The topological polar surface area (TPSA) is 56.8 Å². The van der Waals surface area contributed by atoms with Crippen molar-refractivity contribution in [2.75, 3.05) is 13.7 Å². The second kappa shape index (κ2) is 9.70. The minimum atomic E-state index is -7.13. The molecule has 0 aromatic carbocycles. The molecule has 186 valence electrons. The Morgan fingerprint density at radius 1 is 0.935 bits per heavy atom. The van der Waals surface area contributed by atoms with Gasteiger partial charge in [0.05, 0.1) is 0 Å². The van der Waals surface area contributed by atoms with Crippen molar-refractivity contribution < 1.29 is 71.4 Å². The van der Waals surface area contributed by atoms with E-state index < -0.39 is 57.6 Å². The lowest BCUT2D eigenvalue weighted by molar-refractivity contribution is -0.510. The Balaban J connectivity index is 5.80. The smallest absolute Gasteiger partial charge is 0.420 e. The highest BCUT2D eigenvalue weighted by Gasteiger charge is 2.80. The number of halogens is 12. The van der Waals surface area contributed by atoms with Crippen molar-refractivity contribution in [3.8, 4) is 0 Å². The lowest BCUT2D eigenvalue weighted by Gasteiger charge is -2.37. The third kappa shape index (κ3) is 7.11. The van der Waals surface area contributed by atoms with Crippen LogP contribution >= 0.6 is 0 Å². The molecule has 0 fully saturated rings. The van der Waals surface area contributed by atoms with Crippen LogP contribution in [0, 0.1) is 0 Å². The van der Waals surface area contributed by atoms with Gasteiger partial charge in [-0.15, -0.1) is 0 Å². The third-order valence-electron chi connectivity index (χ3n) is 3.71. The van der Waals surface area contributed by atoms with Gasteiger partial charge in [0.25, 0.3) is 5.91 Å². The molecule has 1 amide bonds. The van der Waals surface area contributed by atoms with Crippen molar-refractivity contribution >= 4 is 14.2 Å². The van der Waals surface area contributed by atoms with Crippen LogP contribution in [0.15, 0.2) is 0 Å². The number of hydrogen-bond donors (Lipinski definition) is 1. The summed E-state index contributed by atoms with van der Waals surface area (Å²) in [5.41, 5.74) is 0. The van der Waals surface area contributed by atoms with E-state index in [0.717, 1.165) is 5.32 Å². The summed E-state index contributed by atoms with van der Waals surface area (Å²) >= 11 is 0. The molecule has 0 bridgehead atoms. The quantitative estimate of drug-likeness (QED) is 0.252. The molecule has 2 atom stereocenters. The lowest BCUT2D eigenvalue weighted by Crippen LogP contribution is -2.66. The second-order valence-corrected chi connectivity index (χ2v) is 10.9. The first-order valence-electron chi connectivity index (χ1n) is 7.95. The molecule has 0 saturated heterocycles. The molecule has 0 aliphatic rings. The van der Waals surface area contributed by atoms with Gasteiger partial charge in [-0.25, -0.2) is 0 Å². The van der Waals surface area contributed by atoms with Crippen molar-refractivity contribution in [1.29, 1.82) is 0 Å². The highest BCUT2D eigenvalue weighted by atomic mass is 28.4. The number of nitrogens with one attached hydrogen (secondary N) is 1. The van der Waals surface area contributed by atoms with E-state index in [9.17, 15) is 57.5 Å². The second-order valence-electron chi connectivity index (χ2n) is 6.51. The van der Waals surface area contributed by atoms with Crippen molar-refractivity contribution in [2.24, 2.45) is 0 Å². The van der Waals surface area contributed by atoms with Crippen molar-refractivity contribution in [1.82, 2.24) is 5.32 Å². The van der Waals surface area contributed by atoms with E-state index in [2.05, 4.69) is 9.47 Å². The number of alkyl halides is 12. The Kier molecular flexibility index (Phi) is 9.30. The summed E-state index contributed by atoms with van der Waals surface area (Å²) < 4.78 is 165. The van der Waals surface area contributed by atoms with Crippen molar-refractivity contribution in [3.63, 3.8) is 0 Å². The molecule has 0 saturated carbocycles. The lowest BCUT2D eigenvalue weighted by atomic mass is 10.2. The van der Waals surface area contributed by atoms with Crippen LogP contribution in [-0.2, 0) is 18.7 Å². The van der Waals surface area contributed by atoms with Gasteiger partial charge in [-0.3, -0.25) is 14.3 Å². The fraction of sp³-hybridized carbons (Fsp3) is 0.923. The molecule has 0 aliphatic carbocycles. The summed E-state index contributed by atoms with van der Waals surface area (Å²) in [5.74, 6) is -16.3. The molecule has 0 aromatic rings. The summed E-state index contributed by atoms with van der Waals surface area (Å²) in [6.45, 7) is -2.48. The van der Waals surface area contributed by atoms with Crippen LogP contribution in [0.4, 0.5) is 52.7 Å². The molecule has 0 heterocycles. The van der Waals surface area contributed by atoms with E-state index in [1.165, 1.54) is 7.11 Å². The maximum Gasteiger partial charge on any atom is 0.458 e. The van der Waals surface area contributed by atoms with Crippen LogP contribution < -0.4 is 5.32 Å². The number of carbonyl (C=O) groups excluding carboxylic acids is 1. The molecule has 0 aromatic heterocycles. The molecule has 0 radical (unpaired) electrons. The fourth-order valence-corrected chi connectivity index (χ4v) is 3.06. The minimum Gasteiger partial charge on any atom is -0.420 e. The SMILES string of the molecule is CO[Si](C)(C)CCCNC(=O)C(F)(OC(F)(F)C(F)(OC(F)F)C(F)(F)F)C(F)(F)F. The van der Waals surface area contributed by atoms with Gasteiger partial charge in [0.1, 0.15) is 0 Å². The summed E-state index contributed by atoms with van der Waals surface area (Å²) in [4.78, 5) is 11.5. The van der Waals surface area contributed by atoms with Gasteiger partial charge in [0, 0.05) is 13.7 Å². The van der Waals surface area contributed by atoms with Gasteiger partial charge in [-0.05, 0) is 25.6 Å². The maximum absolute atomic E-state index is 14.1. The predicted octanol–water partition coefficient (Wildman–Crippen LogP) is 4.65. The van der Waals surface area contributed by atoms with Crippen molar-refractivity contribution in [3.05, 3.63) is 0 Å². The number of rotatable bonds is 11. The molecule has 2 unspecified atom stereocenters. The van der Waals surface area contributed by atoms with Gasteiger partial charge in [0.15, 0.2) is 8.32 Å². The zero-order valence-corrected chi connectivity index (χ0v) is 16.9. The first-order chi connectivity index (χ1) is 13.6. The molecule has 5 nitrogen and oxygen atoms in total. The first kappa shape index (κ1) is 29.7. The van der Waals surface area contributed by atoms with Crippen molar-refractivity contribution in [2.45, 2.75) is 62.3 Å². The van der Waals surface area contributed by atoms with Gasteiger partial charge in [0.2, 0.25) is 0 Å². The molecule has 18 heteroatoms. The molecule has 0 aliphatic heterocycles. The van der Waals surface area contributed by atoms with Crippen LogP contribution in [0.2, 0.25) is 19.1 Å². The van der Waals surface area contributed by atoms with E-state index in [1.807, 2.05) is 0 Å². The standard InChI is InChI=1S/C13H17F12NO4Si/c1-28-31(2,3)6-4-5-26-7(27)9(16,11(18,19)20)30-13(24,25)10(17,12(21,22)23)29-8(14)15/h8H,4-6H2,1-3H3,(H,26,27).